The Kier molecular flexibility index (Phi) is 10.2. The molecular weight excluding hydrogens is 356 g/mol. The Morgan fingerprint density at radius 2 is 1.86 bits per heavy atom. The lowest BCUT2D eigenvalue weighted by molar-refractivity contribution is -0.122. The molecule has 0 unspecified atom stereocenters. The standard InChI is InChI=1S/C21H34N4O3/c22-21(27)25-18-10-7-11-19(16-18)28-15-14-23-13-6-5-12-20(26)24-17-8-3-1-2-4-9-17/h7,10-11,16-17,23H,1-6,8-9,12-15H2,(H,24,26)(H3,22,25,27). The molecule has 0 atom stereocenters. The molecule has 0 heterocycles. The van der Waals surface area contributed by atoms with Crippen molar-refractivity contribution >= 4 is 17.6 Å². The molecule has 1 aromatic carbocycles. The number of hydrogen-bond acceptors (Lipinski definition) is 4. The molecule has 0 saturated heterocycles. The molecule has 1 aliphatic rings. The fourth-order valence-electron chi connectivity index (χ4n) is 3.43. The minimum Gasteiger partial charge on any atom is -0.492 e. The highest BCUT2D eigenvalue weighted by molar-refractivity contribution is 5.87. The minimum absolute atomic E-state index is 0.194. The highest BCUT2D eigenvalue weighted by Crippen LogP contribution is 2.18. The number of rotatable bonds is 11. The van der Waals surface area contributed by atoms with Gasteiger partial charge in [-0.2, -0.15) is 0 Å². The van der Waals surface area contributed by atoms with Crippen molar-refractivity contribution in [2.24, 2.45) is 5.73 Å². The zero-order valence-electron chi connectivity index (χ0n) is 16.7. The second kappa shape index (κ2) is 13.0. The molecular formula is C21H34N4O3. The average Bonchev–Trinajstić information content (AvgIpc) is 2.92. The van der Waals surface area contributed by atoms with Crippen molar-refractivity contribution in [1.29, 1.82) is 0 Å². The van der Waals surface area contributed by atoms with Gasteiger partial charge in [-0.3, -0.25) is 4.79 Å². The van der Waals surface area contributed by atoms with Gasteiger partial charge in [-0.25, -0.2) is 4.79 Å². The summed E-state index contributed by atoms with van der Waals surface area (Å²) in [5.74, 6) is 0.878. The summed E-state index contributed by atoms with van der Waals surface area (Å²) in [6.07, 6.45) is 9.82. The number of carbonyl (C=O) groups excluding carboxylic acids is 2. The first-order valence-electron chi connectivity index (χ1n) is 10.4. The van der Waals surface area contributed by atoms with Crippen molar-refractivity contribution in [3.8, 4) is 5.75 Å². The molecule has 0 radical (unpaired) electrons. The Hall–Kier alpha value is -2.28. The van der Waals surface area contributed by atoms with E-state index >= 15 is 0 Å². The average molecular weight is 391 g/mol. The second-order valence-corrected chi connectivity index (χ2v) is 7.33. The first-order chi connectivity index (χ1) is 13.6. The van der Waals surface area contributed by atoms with E-state index in [-0.39, 0.29) is 5.91 Å². The second-order valence-electron chi connectivity index (χ2n) is 7.33. The Morgan fingerprint density at radius 3 is 2.61 bits per heavy atom. The molecule has 2 rings (SSSR count). The molecule has 0 aliphatic heterocycles. The number of benzene rings is 1. The molecule has 28 heavy (non-hydrogen) atoms. The lowest BCUT2D eigenvalue weighted by Crippen LogP contribution is -2.34. The Bertz CT molecular complexity index is 601. The largest absolute Gasteiger partial charge is 0.492 e. The first-order valence-corrected chi connectivity index (χ1v) is 10.4. The van der Waals surface area contributed by atoms with Gasteiger partial charge >= 0.3 is 6.03 Å². The Balaban J connectivity index is 1.47. The molecule has 0 spiro atoms. The molecule has 3 amide bonds. The Labute approximate surface area is 167 Å². The van der Waals surface area contributed by atoms with Crippen LogP contribution < -0.4 is 26.4 Å². The molecule has 0 bridgehead atoms. The third-order valence-electron chi connectivity index (χ3n) is 4.88. The van der Waals surface area contributed by atoms with Gasteiger partial charge in [0.25, 0.3) is 0 Å². The summed E-state index contributed by atoms with van der Waals surface area (Å²) in [4.78, 5) is 22.9. The number of ether oxygens (including phenoxy) is 1. The molecule has 1 aromatic rings. The molecule has 1 aliphatic carbocycles. The number of urea groups is 1. The van der Waals surface area contributed by atoms with Crippen molar-refractivity contribution in [3.63, 3.8) is 0 Å². The van der Waals surface area contributed by atoms with E-state index in [1.807, 2.05) is 6.07 Å². The van der Waals surface area contributed by atoms with Crippen LogP contribution in [0.4, 0.5) is 10.5 Å². The number of nitrogens with two attached hydrogens (primary N) is 1. The van der Waals surface area contributed by atoms with Crippen molar-refractivity contribution < 1.29 is 14.3 Å². The van der Waals surface area contributed by atoms with Crippen LogP contribution in [0, 0.1) is 0 Å². The van der Waals surface area contributed by atoms with Gasteiger partial charge in [0.1, 0.15) is 12.4 Å². The minimum atomic E-state index is -0.596. The maximum atomic E-state index is 12.0. The summed E-state index contributed by atoms with van der Waals surface area (Å²) in [6.45, 7) is 2.12. The maximum absolute atomic E-state index is 12.0. The summed E-state index contributed by atoms with van der Waals surface area (Å²) in [5, 5.41) is 9.03. The zero-order valence-corrected chi connectivity index (χ0v) is 16.7. The van der Waals surface area contributed by atoms with Crippen LogP contribution >= 0.6 is 0 Å². The number of anilines is 1. The molecule has 7 heteroatoms. The molecule has 1 fully saturated rings. The van der Waals surface area contributed by atoms with Crippen LogP contribution in [0.5, 0.6) is 5.75 Å². The van der Waals surface area contributed by atoms with Crippen LogP contribution in [-0.2, 0) is 4.79 Å². The summed E-state index contributed by atoms with van der Waals surface area (Å²) in [5.41, 5.74) is 5.71. The monoisotopic (exact) mass is 390 g/mol. The quantitative estimate of drug-likeness (QED) is 0.344. The third-order valence-corrected chi connectivity index (χ3v) is 4.88. The van der Waals surface area contributed by atoms with Crippen LogP contribution in [0.3, 0.4) is 0 Å². The Morgan fingerprint density at radius 1 is 1.07 bits per heavy atom. The molecule has 5 N–H and O–H groups in total. The maximum Gasteiger partial charge on any atom is 0.316 e. The summed E-state index contributed by atoms with van der Waals surface area (Å²) < 4.78 is 5.65. The number of hydrogen-bond donors (Lipinski definition) is 4. The number of nitrogens with one attached hydrogen (secondary N) is 3. The van der Waals surface area contributed by atoms with Gasteiger partial charge in [-0.05, 0) is 44.4 Å². The number of unbranched alkanes of at least 4 members (excludes halogenated alkanes) is 1. The predicted molar refractivity (Wildman–Crippen MR) is 111 cm³/mol. The highest BCUT2D eigenvalue weighted by Gasteiger charge is 2.14. The topological polar surface area (TPSA) is 105 Å². The van der Waals surface area contributed by atoms with E-state index in [4.69, 9.17) is 10.5 Å². The third kappa shape index (κ3) is 9.60. The van der Waals surface area contributed by atoms with Gasteiger partial charge in [0, 0.05) is 30.8 Å². The van der Waals surface area contributed by atoms with E-state index in [0.717, 1.165) is 38.8 Å². The smallest absolute Gasteiger partial charge is 0.316 e. The van der Waals surface area contributed by atoms with Gasteiger partial charge in [0.2, 0.25) is 5.91 Å². The SMILES string of the molecule is NC(=O)Nc1cccc(OCCNCCCCC(=O)NC2CCCCCC2)c1. The lowest BCUT2D eigenvalue weighted by Gasteiger charge is -2.16. The predicted octanol–water partition coefficient (Wildman–Crippen LogP) is 3.15. The first kappa shape index (κ1) is 22.0. The van der Waals surface area contributed by atoms with E-state index in [1.165, 1.54) is 25.7 Å². The highest BCUT2D eigenvalue weighted by atomic mass is 16.5. The molecule has 1 saturated carbocycles. The summed E-state index contributed by atoms with van der Waals surface area (Å²) in [6, 6.07) is 6.91. The molecule has 156 valence electrons. The molecule has 0 aromatic heterocycles. The number of primary amides is 1. The van der Waals surface area contributed by atoms with Gasteiger partial charge < -0.3 is 26.4 Å². The van der Waals surface area contributed by atoms with Crippen molar-refractivity contribution in [2.45, 2.75) is 63.8 Å². The van der Waals surface area contributed by atoms with Crippen LogP contribution in [-0.4, -0.2) is 37.7 Å². The fourth-order valence-corrected chi connectivity index (χ4v) is 3.43. The van der Waals surface area contributed by atoms with E-state index in [1.54, 1.807) is 18.2 Å². The van der Waals surface area contributed by atoms with Crippen molar-refractivity contribution in [2.75, 3.05) is 25.0 Å². The number of amides is 3. The summed E-state index contributed by atoms with van der Waals surface area (Å²) >= 11 is 0. The van der Waals surface area contributed by atoms with Crippen LogP contribution in [0.2, 0.25) is 0 Å². The normalized spacial score (nSPS) is 14.9. The zero-order chi connectivity index (χ0) is 20.0. The van der Waals surface area contributed by atoms with E-state index in [9.17, 15) is 9.59 Å². The fraction of sp³-hybridized carbons (Fsp3) is 0.619. The van der Waals surface area contributed by atoms with Crippen molar-refractivity contribution in [1.82, 2.24) is 10.6 Å². The number of carbonyl (C=O) groups is 2. The van der Waals surface area contributed by atoms with Gasteiger partial charge in [0.15, 0.2) is 0 Å². The molecule has 7 nitrogen and oxygen atoms in total. The van der Waals surface area contributed by atoms with E-state index in [0.29, 0.717) is 30.5 Å². The van der Waals surface area contributed by atoms with Gasteiger partial charge in [-0.15, -0.1) is 0 Å². The van der Waals surface area contributed by atoms with E-state index in [2.05, 4.69) is 16.0 Å². The van der Waals surface area contributed by atoms with E-state index < -0.39 is 6.03 Å². The van der Waals surface area contributed by atoms with Crippen LogP contribution in [0.25, 0.3) is 0 Å². The van der Waals surface area contributed by atoms with Gasteiger partial charge in [0.05, 0.1) is 0 Å². The lowest BCUT2D eigenvalue weighted by atomic mass is 10.1. The summed E-state index contributed by atoms with van der Waals surface area (Å²) in [7, 11) is 0. The van der Waals surface area contributed by atoms with Crippen LogP contribution in [0.1, 0.15) is 57.8 Å². The van der Waals surface area contributed by atoms with Crippen LogP contribution in [0.15, 0.2) is 24.3 Å². The van der Waals surface area contributed by atoms with Crippen molar-refractivity contribution in [3.05, 3.63) is 24.3 Å². The van der Waals surface area contributed by atoms with Gasteiger partial charge in [-0.1, -0.05) is 31.7 Å².